The van der Waals surface area contributed by atoms with Crippen molar-refractivity contribution < 1.29 is 0 Å². The molecule has 2 heteroatoms. The lowest BCUT2D eigenvalue weighted by molar-refractivity contribution is 1.33. The third-order valence-corrected chi connectivity index (χ3v) is 2.82. The molecule has 0 spiro atoms. The molecule has 2 nitrogen and oxygen atoms in total. The van der Waals surface area contributed by atoms with E-state index in [9.17, 15) is 0 Å². The van der Waals surface area contributed by atoms with E-state index in [0.29, 0.717) is 0 Å². The molecule has 0 unspecified atom stereocenters. The van der Waals surface area contributed by atoms with Crippen LogP contribution in [-0.2, 0) is 0 Å². The van der Waals surface area contributed by atoms with E-state index in [1.54, 1.807) is 6.20 Å². The van der Waals surface area contributed by atoms with Crippen LogP contribution in [0.4, 0.5) is 5.69 Å². The summed E-state index contributed by atoms with van der Waals surface area (Å²) in [5, 5.41) is 2.33. The van der Waals surface area contributed by atoms with Gasteiger partial charge in [-0.05, 0) is 35.0 Å². The predicted octanol–water partition coefficient (Wildman–Crippen LogP) is 3.48. The second-order valence-corrected chi connectivity index (χ2v) is 4.00. The van der Waals surface area contributed by atoms with Crippen LogP contribution < -0.4 is 5.73 Å². The summed E-state index contributed by atoms with van der Waals surface area (Å²) in [5.74, 6) is 0. The maximum absolute atomic E-state index is 5.93. The molecular formula is C15H12N2. The minimum atomic E-state index is 0.768. The number of hydrogen-bond acceptors (Lipinski definition) is 2. The predicted molar refractivity (Wildman–Crippen MR) is 71.6 cm³/mol. The molecule has 0 aliphatic rings. The van der Waals surface area contributed by atoms with Crippen LogP contribution in [0.2, 0.25) is 0 Å². The van der Waals surface area contributed by atoms with Crippen molar-refractivity contribution in [1.82, 2.24) is 4.98 Å². The molecule has 82 valence electrons. The third kappa shape index (κ3) is 1.74. The summed E-state index contributed by atoms with van der Waals surface area (Å²) in [6.07, 6.45) is 1.80. The van der Waals surface area contributed by atoms with Crippen molar-refractivity contribution in [3.63, 3.8) is 0 Å². The number of nitrogens with zero attached hydrogens (tertiary/aromatic N) is 1. The van der Waals surface area contributed by atoms with Crippen molar-refractivity contribution >= 4 is 16.5 Å². The number of benzene rings is 2. The lowest BCUT2D eigenvalue weighted by Gasteiger charge is -2.07. The summed E-state index contributed by atoms with van der Waals surface area (Å²) < 4.78 is 0. The molecule has 1 aromatic heterocycles. The van der Waals surface area contributed by atoms with Gasteiger partial charge in [0.25, 0.3) is 0 Å². The van der Waals surface area contributed by atoms with Gasteiger partial charge in [0.05, 0.1) is 5.69 Å². The van der Waals surface area contributed by atoms with Gasteiger partial charge < -0.3 is 5.73 Å². The Hall–Kier alpha value is -2.35. The van der Waals surface area contributed by atoms with E-state index in [1.165, 1.54) is 5.39 Å². The smallest absolute Gasteiger partial charge is 0.0708 e. The zero-order valence-corrected chi connectivity index (χ0v) is 9.30. The van der Waals surface area contributed by atoms with Crippen molar-refractivity contribution in [2.45, 2.75) is 0 Å². The van der Waals surface area contributed by atoms with Gasteiger partial charge in [0.1, 0.15) is 0 Å². The summed E-state index contributed by atoms with van der Waals surface area (Å²) in [4.78, 5) is 4.38. The number of aromatic nitrogens is 1. The Morgan fingerprint density at radius 3 is 2.53 bits per heavy atom. The topological polar surface area (TPSA) is 38.9 Å². The summed E-state index contributed by atoms with van der Waals surface area (Å²) >= 11 is 0. The summed E-state index contributed by atoms with van der Waals surface area (Å²) in [5.41, 5.74) is 8.74. The van der Waals surface area contributed by atoms with E-state index in [1.807, 2.05) is 42.5 Å². The fraction of sp³-hybridized carbons (Fsp3) is 0. The van der Waals surface area contributed by atoms with Gasteiger partial charge in [0.2, 0.25) is 0 Å². The largest absolute Gasteiger partial charge is 0.399 e. The number of nitrogens with two attached hydrogens (primary N) is 1. The first-order valence-corrected chi connectivity index (χ1v) is 5.54. The van der Waals surface area contributed by atoms with Crippen LogP contribution in [0.5, 0.6) is 0 Å². The highest BCUT2D eigenvalue weighted by atomic mass is 14.7. The standard InChI is InChI=1S/C15H12N2/c16-12-9-11-5-1-2-6-13(11)14(10-12)15-7-3-4-8-17-15/h1-10H,16H2. The van der Waals surface area contributed by atoms with Gasteiger partial charge in [0, 0.05) is 17.4 Å². The molecule has 17 heavy (non-hydrogen) atoms. The molecule has 3 aromatic rings. The quantitative estimate of drug-likeness (QED) is 0.637. The molecule has 2 aromatic carbocycles. The molecule has 1 heterocycles. The minimum absolute atomic E-state index is 0.768. The Kier molecular flexibility index (Phi) is 2.26. The molecule has 0 saturated carbocycles. The Morgan fingerprint density at radius 2 is 1.71 bits per heavy atom. The first kappa shape index (κ1) is 9.85. The van der Waals surface area contributed by atoms with Crippen molar-refractivity contribution in [3.8, 4) is 11.3 Å². The van der Waals surface area contributed by atoms with Crippen LogP contribution in [0, 0.1) is 0 Å². The molecule has 0 bridgehead atoms. The fourth-order valence-corrected chi connectivity index (χ4v) is 2.07. The van der Waals surface area contributed by atoms with E-state index in [4.69, 9.17) is 5.73 Å². The molecule has 0 aliphatic carbocycles. The molecular weight excluding hydrogens is 208 g/mol. The maximum Gasteiger partial charge on any atom is 0.0708 e. The Labute approximate surface area is 99.7 Å². The molecule has 0 aliphatic heterocycles. The highest BCUT2D eigenvalue weighted by molar-refractivity contribution is 5.98. The number of nitrogen functional groups attached to an aromatic ring is 1. The Morgan fingerprint density at radius 1 is 0.882 bits per heavy atom. The van der Waals surface area contributed by atoms with E-state index >= 15 is 0 Å². The zero-order valence-electron chi connectivity index (χ0n) is 9.30. The molecule has 0 radical (unpaired) electrons. The van der Waals surface area contributed by atoms with E-state index in [2.05, 4.69) is 17.1 Å². The van der Waals surface area contributed by atoms with Crippen LogP contribution in [0.25, 0.3) is 22.0 Å². The fourth-order valence-electron chi connectivity index (χ4n) is 2.07. The average Bonchev–Trinajstić information content (AvgIpc) is 2.39. The zero-order chi connectivity index (χ0) is 11.7. The van der Waals surface area contributed by atoms with Crippen molar-refractivity contribution in [3.05, 3.63) is 60.8 Å². The number of hydrogen-bond donors (Lipinski definition) is 1. The average molecular weight is 220 g/mol. The number of rotatable bonds is 1. The summed E-state index contributed by atoms with van der Waals surface area (Å²) in [7, 11) is 0. The number of fused-ring (bicyclic) bond motifs is 1. The van der Waals surface area contributed by atoms with Crippen LogP contribution in [0.1, 0.15) is 0 Å². The maximum atomic E-state index is 5.93. The summed E-state index contributed by atoms with van der Waals surface area (Å²) in [6, 6.07) is 18.1. The van der Waals surface area contributed by atoms with E-state index < -0.39 is 0 Å². The van der Waals surface area contributed by atoms with Gasteiger partial charge in [-0.3, -0.25) is 4.98 Å². The second kappa shape index (κ2) is 3.91. The van der Waals surface area contributed by atoms with Crippen LogP contribution in [0.15, 0.2) is 60.8 Å². The Balaban J connectivity index is 2.36. The van der Waals surface area contributed by atoms with Gasteiger partial charge in [-0.1, -0.05) is 30.3 Å². The van der Waals surface area contributed by atoms with Crippen LogP contribution in [0.3, 0.4) is 0 Å². The highest BCUT2D eigenvalue weighted by Crippen LogP contribution is 2.29. The minimum Gasteiger partial charge on any atom is -0.399 e. The van der Waals surface area contributed by atoms with Crippen molar-refractivity contribution in [1.29, 1.82) is 0 Å². The van der Waals surface area contributed by atoms with Gasteiger partial charge >= 0.3 is 0 Å². The van der Waals surface area contributed by atoms with Crippen molar-refractivity contribution in [2.24, 2.45) is 0 Å². The molecule has 0 amide bonds. The van der Waals surface area contributed by atoms with Gasteiger partial charge in [-0.15, -0.1) is 0 Å². The lowest BCUT2D eigenvalue weighted by Crippen LogP contribution is -1.89. The molecule has 0 saturated heterocycles. The molecule has 0 atom stereocenters. The highest BCUT2D eigenvalue weighted by Gasteiger charge is 2.05. The van der Waals surface area contributed by atoms with E-state index in [0.717, 1.165) is 22.3 Å². The SMILES string of the molecule is Nc1cc(-c2ccccn2)c2ccccc2c1. The second-order valence-electron chi connectivity index (χ2n) is 4.00. The summed E-state index contributed by atoms with van der Waals surface area (Å²) in [6.45, 7) is 0. The van der Waals surface area contributed by atoms with Gasteiger partial charge in [-0.2, -0.15) is 0 Å². The van der Waals surface area contributed by atoms with Gasteiger partial charge in [-0.25, -0.2) is 0 Å². The van der Waals surface area contributed by atoms with Gasteiger partial charge in [0.15, 0.2) is 0 Å². The normalized spacial score (nSPS) is 10.6. The third-order valence-electron chi connectivity index (χ3n) is 2.82. The number of pyridine rings is 1. The lowest BCUT2D eigenvalue weighted by atomic mass is 10.0. The van der Waals surface area contributed by atoms with Crippen molar-refractivity contribution in [2.75, 3.05) is 5.73 Å². The first-order valence-electron chi connectivity index (χ1n) is 5.54. The monoisotopic (exact) mass is 220 g/mol. The first-order chi connectivity index (χ1) is 8.34. The van der Waals surface area contributed by atoms with Crippen LogP contribution in [-0.4, -0.2) is 4.98 Å². The van der Waals surface area contributed by atoms with Crippen LogP contribution >= 0.6 is 0 Å². The van der Waals surface area contributed by atoms with E-state index in [-0.39, 0.29) is 0 Å². The number of anilines is 1. The molecule has 2 N–H and O–H groups in total. The molecule has 0 fully saturated rings. The Bertz CT molecular complexity index is 660. The molecule has 3 rings (SSSR count).